The summed E-state index contributed by atoms with van der Waals surface area (Å²) in [7, 11) is 1.63. The highest BCUT2D eigenvalue weighted by atomic mass is 79.9. The highest BCUT2D eigenvalue weighted by Gasteiger charge is 2.26. The summed E-state index contributed by atoms with van der Waals surface area (Å²) in [6.07, 6.45) is 5.55. The molecule has 0 aliphatic heterocycles. The molecule has 0 unspecified atom stereocenters. The van der Waals surface area contributed by atoms with E-state index >= 15 is 0 Å². The number of methoxy groups -OCH3 is 1. The Kier molecular flexibility index (Phi) is 3.98. The summed E-state index contributed by atoms with van der Waals surface area (Å²) in [6, 6.07) is 2.38. The van der Waals surface area contributed by atoms with Gasteiger partial charge in [-0.1, -0.05) is 15.9 Å². The molecule has 1 aliphatic carbocycles. The molecule has 1 heterocycles. The summed E-state index contributed by atoms with van der Waals surface area (Å²) in [5.41, 5.74) is 0. The lowest BCUT2D eigenvalue weighted by molar-refractivity contribution is 0.377. The van der Waals surface area contributed by atoms with E-state index in [9.17, 15) is 0 Å². The monoisotopic (exact) mass is 285 g/mol. The second-order valence-corrected chi connectivity index (χ2v) is 4.66. The molecule has 1 aliphatic rings. The number of alkyl halides is 1. The predicted molar refractivity (Wildman–Crippen MR) is 67.4 cm³/mol. The molecule has 1 aromatic rings. The molecule has 2 rings (SSSR count). The van der Waals surface area contributed by atoms with Crippen LogP contribution in [-0.2, 0) is 0 Å². The van der Waals surface area contributed by atoms with Crippen LogP contribution in [0.5, 0.6) is 5.88 Å². The Hall–Kier alpha value is -0.840. The van der Waals surface area contributed by atoms with E-state index < -0.39 is 0 Å². The second-order valence-electron chi connectivity index (χ2n) is 3.87. The van der Waals surface area contributed by atoms with Crippen LogP contribution in [0.2, 0.25) is 0 Å². The van der Waals surface area contributed by atoms with Gasteiger partial charge in [0.25, 0.3) is 0 Å². The Labute approximate surface area is 104 Å². The Morgan fingerprint density at radius 3 is 2.94 bits per heavy atom. The van der Waals surface area contributed by atoms with Gasteiger partial charge < -0.3 is 9.64 Å². The summed E-state index contributed by atoms with van der Waals surface area (Å²) in [4.78, 5) is 11.0. The average Bonchev–Trinajstić information content (AvgIpc) is 2.26. The van der Waals surface area contributed by atoms with Crippen LogP contribution in [0.3, 0.4) is 0 Å². The molecule has 1 saturated carbocycles. The lowest BCUT2D eigenvalue weighted by Gasteiger charge is -2.37. The molecule has 0 N–H and O–H groups in total. The van der Waals surface area contributed by atoms with Crippen LogP contribution < -0.4 is 9.64 Å². The van der Waals surface area contributed by atoms with Gasteiger partial charge in [0.2, 0.25) is 11.8 Å². The molecule has 0 atom stereocenters. The zero-order valence-electron chi connectivity index (χ0n) is 9.40. The van der Waals surface area contributed by atoms with Gasteiger partial charge in [-0.05, 0) is 19.3 Å². The van der Waals surface area contributed by atoms with Crippen LogP contribution >= 0.6 is 15.9 Å². The Morgan fingerprint density at radius 1 is 1.56 bits per heavy atom. The van der Waals surface area contributed by atoms with Gasteiger partial charge >= 0.3 is 0 Å². The summed E-state index contributed by atoms with van der Waals surface area (Å²) in [6.45, 7) is 0.942. The lowest BCUT2D eigenvalue weighted by atomic mass is 9.92. The van der Waals surface area contributed by atoms with E-state index in [0.29, 0.717) is 11.9 Å². The first kappa shape index (κ1) is 11.6. The number of rotatable bonds is 5. The first-order valence-corrected chi connectivity index (χ1v) is 6.67. The Morgan fingerprint density at radius 2 is 2.38 bits per heavy atom. The van der Waals surface area contributed by atoms with Crippen LogP contribution in [0.15, 0.2) is 12.3 Å². The maximum atomic E-state index is 5.13. The molecule has 4 nitrogen and oxygen atoms in total. The number of hydrogen-bond donors (Lipinski definition) is 0. The van der Waals surface area contributed by atoms with Gasteiger partial charge in [0.15, 0.2) is 0 Å². The molecule has 16 heavy (non-hydrogen) atoms. The third-order valence-electron chi connectivity index (χ3n) is 2.92. The second kappa shape index (κ2) is 5.48. The summed E-state index contributed by atoms with van der Waals surface area (Å²) >= 11 is 3.48. The van der Waals surface area contributed by atoms with Crippen LogP contribution in [-0.4, -0.2) is 35.0 Å². The number of anilines is 1. The van der Waals surface area contributed by atoms with Gasteiger partial charge in [-0.15, -0.1) is 0 Å². The molecule has 0 radical (unpaired) electrons. The third-order valence-corrected chi connectivity index (χ3v) is 3.28. The van der Waals surface area contributed by atoms with E-state index in [1.807, 2.05) is 0 Å². The smallest absolute Gasteiger partial charge is 0.228 e. The first-order valence-electron chi connectivity index (χ1n) is 5.55. The van der Waals surface area contributed by atoms with E-state index in [-0.39, 0.29) is 0 Å². The maximum absolute atomic E-state index is 5.13. The lowest BCUT2D eigenvalue weighted by Crippen LogP contribution is -2.42. The molecule has 0 saturated heterocycles. The predicted octanol–water partition coefficient (Wildman–Crippen LogP) is 2.24. The molecule has 88 valence electrons. The first-order chi connectivity index (χ1) is 7.85. The third kappa shape index (κ3) is 2.45. The fourth-order valence-corrected chi connectivity index (χ4v) is 2.20. The fraction of sp³-hybridized carbons (Fsp3) is 0.636. The fourth-order valence-electron chi connectivity index (χ4n) is 1.82. The quantitative estimate of drug-likeness (QED) is 0.778. The zero-order valence-corrected chi connectivity index (χ0v) is 11.0. The van der Waals surface area contributed by atoms with E-state index in [1.54, 1.807) is 19.4 Å². The van der Waals surface area contributed by atoms with Crippen molar-refractivity contribution >= 4 is 21.9 Å². The van der Waals surface area contributed by atoms with Gasteiger partial charge in [-0.2, -0.15) is 4.98 Å². The van der Waals surface area contributed by atoms with Crippen molar-refractivity contribution in [3.63, 3.8) is 0 Å². The standard InChI is InChI=1S/C11H16BrN3O/c1-16-10-5-7-13-11(14-10)15(8-6-12)9-3-2-4-9/h5,7,9H,2-4,6,8H2,1H3. The maximum Gasteiger partial charge on any atom is 0.228 e. The Bertz CT molecular complexity index is 344. The van der Waals surface area contributed by atoms with Crippen molar-refractivity contribution in [3.05, 3.63) is 12.3 Å². The van der Waals surface area contributed by atoms with Gasteiger partial charge in [-0.25, -0.2) is 4.98 Å². The van der Waals surface area contributed by atoms with Crippen molar-refractivity contribution in [1.82, 2.24) is 9.97 Å². The largest absolute Gasteiger partial charge is 0.481 e. The number of aromatic nitrogens is 2. The molecule has 0 spiro atoms. The number of halogens is 1. The molecule has 0 bridgehead atoms. The van der Waals surface area contributed by atoms with Crippen molar-refractivity contribution in [2.75, 3.05) is 23.9 Å². The summed E-state index contributed by atoms with van der Waals surface area (Å²) < 4.78 is 5.13. The normalized spacial score (nSPS) is 15.6. The van der Waals surface area contributed by atoms with E-state index in [4.69, 9.17) is 4.74 Å². The van der Waals surface area contributed by atoms with Gasteiger partial charge in [0, 0.05) is 30.2 Å². The van der Waals surface area contributed by atoms with Crippen molar-refractivity contribution in [2.45, 2.75) is 25.3 Å². The van der Waals surface area contributed by atoms with Crippen molar-refractivity contribution < 1.29 is 4.74 Å². The van der Waals surface area contributed by atoms with Gasteiger partial charge in [0.1, 0.15) is 0 Å². The van der Waals surface area contributed by atoms with Crippen LogP contribution in [0.25, 0.3) is 0 Å². The number of ether oxygens (including phenoxy) is 1. The molecular formula is C11H16BrN3O. The van der Waals surface area contributed by atoms with Crippen LogP contribution in [0.4, 0.5) is 5.95 Å². The minimum atomic E-state index is 0.602. The van der Waals surface area contributed by atoms with E-state index in [0.717, 1.165) is 17.8 Å². The average molecular weight is 286 g/mol. The van der Waals surface area contributed by atoms with Crippen LogP contribution in [0.1, 0.15) is 19.3 Å². The minimum absolute atomic E-state index is 0.602. The van der Waals surface area contributed by atoms with Crippen LogP contribution in [0, 0.1) is 0 Å². The number of hydrogen-bond acceptors (Lipinski definition) is 4. The highest BCUT2D eigenvalue weighted by molar-refractivity contribution is 9.09. The van der Waals surface area contributed by atoms with Crippen molar-refractivity contribution in [3.8, 4) is 5.88 Å². The molecule has 1 aromatic heterocycles. The minimum Gasteiger partial charge on any atom is -0.481 e. The van der Waals surface area contributed by atoms with Crippen molar-refractivity contribution in [1.29, 1.82) is 0 Å². The van der Waals surface area contributed by atoms with Crippen molar-refractivity contribution in [2.24, 2.45) is 0 Å². The molecule has 0 amide bonds. The molecular weight excluding hydrogens is 270 g/mol. The number of nitrogens with zero attached hydrogens (tertiary/aromatic N) is 3. The highest BCUT2D eigenvalue weighted by Crippen LogP contribution is 2.28. The SMILES string of the molecule is COc1ccnc(N(CCBr)C2CCC2)n1. The Balaban J connectivity index is 2.16. The molecule has 0 aromatic carbocycles. The molecule has 1 fully saturated rings. The summed E-state index contributed by atoms with van der Waals surface area (Å²) in [5.74, 6) is 1.41. The molecule has 5 heteroatoms. The van der Waals surface area contributed by atoms with Gasteiger partial charge in [-0.3, -0.25) is 0 Å². The van der Waals surface area contributed by atoms with E-state index in [1.165, 1.54) is 19.3 Å². The van der Waals surface area contributed by atoms with E-state index in [2.05, 4.69) is 30.8 Å². The topological polar surface area (TPSA) is 38.2 Å². The zero-order chi connectivity index (χ0) is 11.4. The van der Waals surface area contributed by atoms with Gasteiger partial charge in [0.05, 0.1) is 7.11 Å². The summed E-state index contributed by atoms with van der Waals surface area (Å²) in [5, 5.41) is 0.935.